The lowest BCUT2D eigenvalue weighted by atomic mass is 10.1. The maximum absolute atomic E-state index is 6.16. The molecule has 0 saturated heterocycles. The Morgan fingerprint density at radius 3 is 2.47 bits per heavy atom. The van der Waals surface area contributed by atoms with E-state index in [1.54, 1.807) is 7.11 Å². The maximum atomic E-state index is 6.16. The minimum atomic E-state index is 0.304. The van der Waals surface area contributed by atoms with Gasteiger partial charge in [-0.05, 0) is 32.7 Å². The number of nitrogens with two attached hydrogens (primary N) is 1. The molecule has 1 fully saturated rings. The SMILES string of the molecule is COCCCC(N)CN(C)C1CCCCCC1. The highest BCUT2D eigenvalue weighted by Crippen LogP contribution is 2.21. The van der Waals surface area contributed by atoms with Gasteiger partial charge in [0.25, 0.3) is 0 Å². The van der Waals surface area contributed by atoms with E-state index in [0.29, 0.717) is 6.04 Å². The van der Waals surface area contributed by atoms with Crippen molar-refractivity contribution in [1.29, 1.82) is 0 Å². The molecule has 0 aromatic carbocycles. The van der Waals surface area contributed by atoms with Crippen molar-refractivity contribution in [2.45, 2.75) is 63.5 Å². The summed E-state index contributed by atoms with van der Waals surface area (Å²) in [6.45, 7) is 1.87. The summed E-state index contributed by atoms with van der Waals surface area (Å²) in [7, 11) is 4.00. The van der Waals surface area contributed by atoms with Crippen molar-refractivity contribution in [2.75, 3.05) is 27.3 Å². The summed E-state index contributed by atoms with van der Waals surface area (Å²) >= 11 is 0. The molecule has 1 unspecified atom stereocenters. The molecule has 0 aromatic rings. The third-order valence-corrected chi connectivity index (χ3v) is 3.89. The zero-order valence-corrected chi connectivity index (χ0v) is 11.7. The highest BCUT2D eigenvalue weighted by Gasteiger charge is 2.18. The molecule has 3 heteroatoms. The van der Waals surface area contributed by atoms with Crippen LogP contribution >= 0.6 is 0 Å². The Morgan fingerprint density at radius 2 is 1.88 bits per heavy atom. The number of methoxy groups -OCH3 is 1. The van der Waals surface area contributed by atoms with Crippen molar-refractivity contribution >= 4 is 0 Å². The highest BCUT2D eigenvalue weighted by atomic mass is 16.5. The predicted octanol–water partition coefficient (Wildman–Crippen LogP) is 2.39. The predicted molar refractivity (Wildman–Crippen MR) is 73.2 cm³/mol. The van der Waals surface area contributed by atoms with Gasteiger partial charge in [-0.1, -0.05) is 25.7 Å². The molecule has 1 saturated carbocycles. The van der Waals surface area contributed by atoms with Crippen LogP contribution in [0.3, 0.4) is 0 Å². The van der Waals surface area contributed by atoms with E-state index < -0.39 is 0 Å². The molecule has 17 heavy (non-hydrogen) atoms. The van der Waals surface area contributed by atoms with Crippen LogP contribution in [0.1, 0.15) is 51.4 Å². The first-order valence-electron chi connectivity index (χ1n) is 7.18. The van der Waals surface area contributed by atoms with E-state index in [4.69, 9.17) is 10.5 Å². The summed E-state index contributed by atoms with van der Waals surface area (Å²) in [5.41, 5.74) is 6.16. The molecular formula is C14H30N2O. The van der Waals surface area contributed by atoms with Crippen molar-refractivity contribution in [3.63, 3.8) is 0 Å². The number of rotatable bonds is 7. The lowest BCUT2D eigenvalue weighted by Gasteiger charge is -2.29. The van der Waals surface area contributed by atoms with E-state index in [-0.39, 0.29) is 0 Å². The molecule has 1 aliphatic carbocycles. The molecule has 1 atom stereocenters. The molecule has 102 valence electrons. The summed E-state index contributed by atoms with van der Waals surface area (Å²) in [5.74, 6) is 0. The van der Waals surface area contributed by atoms with Crippen molar-refractivity contribution in [3.05, 3.63) is 0 Å². The van der Waals surface area contributed by atoms with Gasteiger partial charge in [0.05, 0.1) is 0 Å². The number of hydrogen-bond donors (Lipinski definition) is 1. The van der Waals surface area contributed by atoms with E-state index in [2.05, 4.69) is 11.9 Å². The van der Waals surface area contributed by atoms with Crippen molar-refractivity contribution in [3.8, 4) is 0 Å². The largest absolute Gasteiger partial charge is 0.385 e. The van der Waals surface area contributed by atoms with E-state index in [1.165, 1.54) is 38.5 Å². The number of likely N-dealkylation sites (N-methyl/N-ethyl adjacent to an activating group) is 1. The minimum Gasteiger partial charge on any atom is -0.385 e. The average Bonchev–Trinajstić information content (AvgIpc) is 2.57. The Hall–Kier alpha value is -0.120. The highest BCUT2D eigenvalue weighted by molar-refractivity contribution is 4.75. The molecule has 0 radical (unpaired) electrons. The molecule has 1 aliphatic rings. The van der Waals surface area contributed by atoms with Crippen LogP contribution in [0.5, 0.6) is 0 Å². The summed E-state index contributed by atoms with van der Waals surface area (Å²) in [5, 5.41) is 0. The van der Waals surface area contributed by atoms with Crippen molar-refractivity contribution in [1.82, 2.24) is 4.90 Å². The van der Waals surface area contributed by atoms with Gasteiger partial charge in [0.1, 0.15) is 0 Å². The zero-order chi connectivity index (χ0) is 12.5. The lowest BCUT2D eigenvalue weighted by Crippen LogP contribution is -2.41. The molecule has 0 bridgehead atoms. The molecule has 0 heterocycles. The first kappa shape index (κ1) is 14.9. The minimum absolute atomic E-state index is 0.304. The van der Waals surface area contributed by atoms with Gasteiger partial charge in [-0.2, -0.15) is 0 Å². The molecule has 0 aromatic heterocycles. The second kappa shape index (κ2) is 8.90. The Bertz CT molecular complexity index is 179. The van der Waals surface area contributed by atoms with Crippen LogP contribution in [-0.4, -0.2) is 44.3 Å². The van der Waals surface area contributed by atoms with Crippen LogP contribution in [0.25, 0.3) is 0 Å². The van der Waals surface area contributed by atoms with Gasteiger partial charge < -0.3 is 15.4 Å². The van der Waals surface area contributed by atoms with E-state index in [0.717, 1.165) is 32.0 Å². The van der Waals surface area contributed by atoms with E-state index in [9.17, 15) is 0 Å². The molecule has 0 spiro atoms. The van der Waals surface area contributed by atoms with Gasteiger partial charge in [-0.15, -0.1) is 0 Å². The Kier molecular flexibility index (Phi) is 7.82. The van der Waals surface area contributed by atoms with Gasteiger partial charge in [0.2, 0.25) is 0 Å². The van der Waals surface area contributed by atoms with Gasteiger partial charge in [-0.25, -0.2) is 0 Å². The third-order valence-electron chi connectivity index (χ3n) is 3.89. The normalized spacial score (nSPS) is 20.5. The molecule has 1 rings (SSSR count). The van der Waals surface area contributed by atoms with Gasteiger partial charge in [-0.3, -0.25) is 0 Å². The van der Waals surface area contributed by atoms with Crippen LogP contribution in [0.2, 0.25) is 0 Å². The fourth-order valence-electron chi connectivity index (χ4n) is 2.80. The molecule has 0 aliphatic heterocycles. The van der Waals surface area contributed by atoms with E-state index in [1.807, 2.05) is 0 Å². The smallest absolute Gasteiger partial charge is 0.0462 e. The number of hydrogen-bond acceptors (Lipinski definition) is 3. The lowest BCUT2D eigenvalue weighted by molar-refractivity contribution is 0.178. The van der Waals surface area contributed by atoms with Crippen LogP contribution in [0.4, 0.5) is 0 Å². The number of nitrogens with zero attached hydrogens (tertiary/aromatic N) is 1. The van der Waals surface area contributed by atoms with Crippen LogP contribution in [-0.2, 0) is 4.74 Å². The third kappa shape index (κ3) is 6.39. The van der Waals surface area contributed by atoms with Gasteiger partial charge in [0.15, 0.2) is 0 Å². The summed E-state index contributed by atoms with van der Waals surface area (Å²) in [4.78, 5) is 2.49. The van der Waals surface area contributed by atoms with Gasteiger partial charge in [0, 0.05) is 32.3 Å². The molecule has 2 N–H and O–H groups in total. The van der Waals surface area contributed by atoms with Crippen LogP contribution in [0, 0.1) is 0 Å². The average molecular weight is 242 g/mol. The monoisotopic (exact) mass is 242 g/mol. The fraction of sp³-hybridized carbons (Fsp3) is 1.00. The first-order valence-corrected chi connectivity index (χ1v) is 7.18. The maximum Gasteiger partial charge on any atom is 0.0462 e. The summed E-state index contributed by atoms with van der Waals surface area (Å²) in [6.07, 6.45) is 10.5. The second-order valence-electron chi connectivity index (χ2n) is 5.48. The van der Waals surface area contributed by atoms with Crippen molar-refractivity contribution < 1.29 is 4.74 Å². The molecule has 0 amide bonds. The summed E-state index contributed by atoms with van der Waals surface area (Å²) in [6, 6.07) is 1.07. The fourth-order valence-corrected chi connectivity index (χ4v) is 2.80. The Balaban J connectivity index is 2.19. The Labute approximate surface area is 107 Å². The van der Waals surface area contributed by atoms with Crippen LogP contribution in [0.15, 0.2) is 0 Å². The standard InChI is InChI=1S/C14H30N2O/c1-16(12-13(15)8-7-11-17-2)14-9-5-3-4-6-10-14/h13-14H,3-12,15H2,1-2H3. The topological polar surface area (TPSA) is 38.5 Å². The van der Waals surface area contributed by atoms with Gasteiger partial charge >= 0.3 is 0 Å². The first-order chi connectivity index (χ1) is 8.24. The molecule has 3 nitrogen and oxygen atoms in total. The Morgan fingerprint density at radius 1 is 1.24 bits per heavy atom. The van der Waals surface area contributed by atoms with Crippen molar-refractivity contribution in [2.24, 2.45) is 5.73 Å². The molecular weight excluding hydrogens is 212 g/mol. The van der Waals surface area contributed by atoms with E-state index >= 15 is 0 Å². The summed E-state index contributed by atoms with van der Waals surface area (Å²) < 4.78 is 5.06. The van der Waals surface area contributed by atoms with Crippen LogP contribution < -0.4 is 5.73 Å². The number of ether oxygens (including phenoxy) is 1. The quantitative estimate of drug-likeness (QED) is 0.550. The zero-order valence-electron chi connectivity index (χ0n) is 11.7. The second-order valence-corrected chi connectivity index (χ2v) is 5.48.